The van der Waals surface area contributed by atoms with Gasteiger partial charge < -0.3 is 10.3 Å². The molecule has 0 fully saturated rings. The lowest BCUT2D eigenvalue weighted by atomic mass is 10.2. The maximum Gasteiger partial charge on any atom is 0.328 e. The Morgan fingerprint density at radius 2 is 1.96 bits per heavy atom. The van der Waals surface area contributed by atoms with Crippen LogP contribution in [0.15, 0.2) is 64.6 Å². The average molecular weight is 340 g/mol. The van der Waals surface area contributed by atoms with Crippen molar-refractivity contribution < 1.29 is 9.18 Å². The summed E-state index contributed by atoms with van der Waals surface area (Å²) in [5, 5.41) is 2.56. The fourth-order valence-electron chi connectivity index (χ4n) is 2.24. The lowest BCUT2D eigenvalue weighted by Crippen LogP contribution is -2.39. The first kappa shape index (κ1) is 16.3. The second-order valence-corrected chi connectivity index (χ2v) is 5.19. The van der Waals surface area contributed by atoms with Crippen molar-refractivity contribution in [3.05, 3.63) is 92.8 Å². The third-order valence-corrected chi connectivity index (χ3v) is 3.52. The zero-order valence-corrected chi connectivity index (χ0v) is 12.9. The molecule has 25 heavy (non-hydrogen) atoms. The minimum atomic E-state index is -0.812. The predicted molar refractivity (Wildman–Crippen MR) is 89.0 cm³/mol. The molecule has 0 bridgehead atoms. The van der Waals surface area contributed by atoms with Gasteiger partial charge in [0, 0.05) is 23.6 Å². The summed E-state index contributed by atoms with van der Waals surface area (Å²) in [6.45, 7) is -0.311. The summed E-state index contributed by atoms with van der Waals surface area (Å²) in [5.74, 6) is -1.32. The second-order valence-electron chi connectivity index (χ2n) is 5.19. The molecule has 0 aliphatic heterocycles. The van der Waals surface area contributed by atoms with Crippen LogP contribution in [0.3, 0.4) is 0 Å². The first-order valence-corrected chi connectivity index (χ1v) is 7.33. The van der Waals surface area contributed by atoms with Crippen LogP contribution in [0.2, 0.25) is 0 Å². The molecule has 3 aromatic rings. The largest absolute Gasteiger partial charge is 0.328 e. The van der Waals surface area contributed by atoms with Crippen molar-refractivity contribution in [2.45, 2.75) is 6.54 Å². The number of hydrogen-bond donors (Lipinski definition) is 2. The summed E-state index contributed by atoms with van der Waals surface area (Å²) in [5.41, 5.74) is -1.18. The minimum Gasteiger partial charge on any atom is -0.322 e. The molecule has 0 aliphatic rings. The number of nitrogens with zero attached hydrogens (tertiary/aromatic N) is 2. The second kappa shape index (κ2) is 6.91. The smallest absolute Gasteiger partial charge is 0.322 e. The summed E-state index contributed by atoms with van der Waals surface area (Å²) in [6, 6.07) is 9.92. The predicted octanol–water partition coefficient (Wildman–Crippen LogP) is 1.37. The molecular formula is C17H13FN4O3. The molecule has 0 atom stereocenters. The number of pyridine rings is 1. The topological polar surface area (TPSA) is 96.8 Å². The maximum absolute atomic E-state index is 13.7. The molecule has 126 valence electrons. The van der Waals surface area contributed by atoms with E-state index >= 15 is 0 Å². The molecule has 0 aliphatic carbocycles. The Hall–Kier alpha value is -3.55. The van der Waals surface area contributed by atoms with E-state index < -0.39 is 23.0 Å². The van der Waals surface area contributed by atoms with Gasteiger partial charge in [-0.15, -0.1) is 0 Å². The molecule has 0 radical (unpaired) electrons. The summed E-state index contributed by atoms with van der Waals surface area (Å²) in [6.07, 6.45) is 3.38. The Morgan fingerprint density at radius 3 is 2.68 bits per heavy atom. The zero-order valence-electron chi connectivity index (χ0n) is 12.9. The minimum absolute atomic E-state index is 0.114. The number of H-pyrrole nitrogens is 1. The molecule has 1 amide bonds. The standard InChI is InChI=1S/C17H13FN4O3/c18-14-9-19-7-6-11(14)10-22-16(24)13(8-20-17(22)25)15(23)21-12-4-2-1-3-5-12/h1-9H,10H2,(H,20,25)(H,21,23). The SMILES string of the molecule is O=C(Nc1ccccc1)c1c[nH]c(=O)n(Cc2ccncc2F)c1=O. The van der Waals surface area contributed by atoms with E-state index in [1.807, 2.05) is 0 Å². The van der Waals surface area contributed by atoms with Crippen molar-refractivity contribution in [3.8, 4) is 0 Å². The van der Waals surface area contributed by atoms with Gasteiger partial charge in [-0.2, -0.15) is 0 Å². The van der Waals surface area contributed by atoms with Gasteiger partial charge in [-0.05, 0) is 18.2 Å². The van der Waals surface area contributed by atoms with Crippen LogP contribution in [0.5, 0.6) is 0 Å². The van der Waals surface area contributed by atoms with Crippen LogP contribution < -0.4 is 16.6 Å². The van der Waals surface area contributed by atoms with Crippen molar-refractivity contribution in [2.24, 2.45) is 0 Å². The van der Waals surface area contributed by atoms with Crippen LogP contribution in [0.25, 0.3) is 0 Å². The van der Waals surface area contributed by atoms with Gasteiger partial charge in [-0.25, -0.2) is 9.18 Å². The molecule has 0 unspecified atom stereocenters. The van der Waals surface area contributed by atoms with Crippen molar-refractivity contribution in [3.63, 3.8) is 0 Å². The molecule has 3 rings (SSSR count). The summed E-state index contributed by atoms with van der Waals surface area (Å²) in [7, 11) is 0. The molecule has 2 aromatic heterocycles. The number of anilines is 1. The van der Waals surface area contributed by atoms with Gasteiger partial charge >= 0.3 is 5.69 Å². The number of amides is 1. The van der Waals surface area contributed by atoms with Gasteiger partial charge in [0.15, 0.2) is 0 Å². The number of rotatable bonds is 4. The van der Waals surface area contributed by atoms with Crippen molar-refractivity contribution >= 4 is 11.6 Å². The third-order valence-electron chi connectivity index (χ3n) is 3.52. The van der Waals surface area contributed by atoms with Crippen LogP contribution >= 0.6 is 0 Å². The molecule has 0 saturated heterocycles. The number of carbonyl (C=O) groups is 1. The zero-order chi connectivity index (χ0) is 17.8. The van der Waals surface area contributed by atoms with E-state index in [0.717, 1.165) is 17.0 Å². The number of para-hydroxylation sites is 1. The van der Waals surface area contributed by atoms with Crippen molar-refractivity contribution in [1.29, 1.82) is 0 Å². The quantitative estimate of drug-likeness (QED) is 0.750. The van der Waals surface area contributed by atoms with E-state index in [9.17, 15) is 18.8 Å². The van der Waals surface area contributed by atoms with Gasteiger partial charge in [0.05, 0.1) is 12.7 Å². The highest BCUT2D eigenvalue weighted by Gasteiger charge is 2.16. The van der Waals surface area contributed by atoms with Crippen LogP contribution in [0.4, 0.5) is 10.1 Å². The number of hydrogen-bond acceptors (Lipinski definition) is 4. The van der Waals surface area contributed by atoms with Gasteiger partial charge in [-0.1, -0.05) is 18.2 Å². The lowest BCUT2D eigenvalue weighted by molar-refractivity contribution is 0.102. The molecule has 0 saturated carbocycles. The molecular weight excluding hydrogens is 327 g/mol. The van der Waals surface area contributed by atoms with Crippen LogP contribution in [0, 0.1) is 5.82 Å². The van der Waals surface area contributed by atoms with E-state index in [0.29, 0.717) is 5.69 Å². The Labute approximate surface area is 140 Å². The van der Waals surface area contributed by atoms with Crippen LogP contribution in [-0.2, 0) is 6.54 Å². The Balaban J connectivity index is 1.95. The Morgan fingerprint density at radius 1 is 1.20 bits per heavy atom. The number of aromatic nitrogens is 3. The highest BCUT2D eigenvalue weighted by atomic mass is 19.1. The van der Waals surface area contributed by atoms with Crippen LogP contribution in [-0.4, -0.2) is 20.4 Å². The average Bonchev–Trinajstić information content (AvgIpc) is 2.61. The monoisotopic (exact) mass is 340 g/mol. The van der Waals surface area contributed by atoms with E-state index in [-0.39, 0.29) is 17.7 Å². The normalized spacial score (nSPS) is 10.4. The maximum atomic E-state index is 13.7. The molecule has 2 N–H and O–H groups in total. The number of benzene rings is 1. The van der Waals surface area contributed by atoms with Crippen molar-refractivity contribution in [1.82, 2.24) is 14.5 Å². The molecule has 2 heterocycles. The first-order valence-electron chi connectivity index (χ1n) is 7.33. The van der Waals surface area contributed by atoms with E-state index in [4.69, 9.17) is 0 Å². The number of carbonyl (C=O) groups excluding carboxylic acids is 1. The summed E-state index contributed by atoms with van der Waals surface area (Å²) < 4.78 is 14.5. The fraction of sp³-hybridized carbons (Fsp3) is 0.0588. The third kappa shape index (κ3) is 3.52. The van der Waals surface area contributed by atoms with Gasteiger partial charge in [-0.3, -0.25) is 19.1 Å². The van der Waals surface area contributed by atoms with Gasteiger partial charge in [0.2, 0.25) is 0 Å². The highest BCUT2D eigenvalue weighted by molar-refractivity contribution is 6.03. The molecule has 7 nitrogen and oxygen atoms in total. The summed E-state index contributed by atoms with van der Waals surface area (Å²) in [4.78, 5) is 42.6. The van der Waals surface area contributed by atoms with E-state index in [1.54, 1.807) is 30.3 Å². The molecule has 0 spiro atoms. The lowest BCUT2D eigenvalue weighted by Gasteiger charge is -2.08. The van der Waals surface area contributed by atoms with Gasteiger partial charge in [0.25, 0.3) is 11.5 Å². The Kier molecular flexibility index (Phi) is 4.51. The number of halogens is 1. The number of aromatic amines is 1. The molecule has 8 heteroatoms. The number of nitrogens with one attached hydrogen (secondary N) is 2. The summed E-state index contributed by atoms with van der Waals surface area (Å²) >= 11 is 0. The Bertz CT molecular complexity index is 1030. The first-order chi connectivity index (χ1) is 12.1. The van der Waals surface area contributed by atoms with E-state index in [1.165, 1.54) is 12.3 Å². The van der Waals surface area contributed by atoms with Crippen molar-refractivity contribution in [2.75, 3.05) is 5.32 Å². The fourth-order valence-corrected chi connectivity index (χ4v) is 2.24. The molecule has 1 aromatic carbocycles. The van der Waals surface area contributed by atoms with Crippen LogP contribution in [0.1, 0.15) is 15.9 Å². The highest BCUT2D eigenvalue weighted by Crippen LogP contribution is 2.07. The van der Waals surface area contributed by atoms with Gasteiger partial charge in [0.1, 0.15) is 11.4 Å². The van der Waals surface area contributed by atoms with E-state index in [2.05, 4.69) is 15.3 Å².